The Morgan fingerprint density at radius 2 is 1.58 bits per heavy atom. The lowest BCUT2D eigenvalue weighted by molar-refractivity contribution is -0.342. The first kappa shape index (κ1) is 29.7. The molecule has 1 aromatic carbocycles. The molecular formula is C18H14ClF12N3O2. The van der Waals surface area contributed by atoms with Crippen LogP contribution in [-0.4, -0.2) is 54.3 Å². The first-order valence-electron chi connectivity index (χ1n) is 9.28. The average molecular weight is 568 g/mol. The molecule has 1 aromatic rings. The predicted octanol–water partition coefficient (Wildman–Crippen LogP) is 4.70. The zero-order valence-corrected chi connectivity index (χ0v) is 18.5. The highest BCUT2D eigenvalue weighted by molar-refractivity contribution is 6.33. The number of carbonyl (C=O) groups excluding carboxylic acids is 1. The van der Waals surface area contributed by atoms with Crippen molar-refractivity contribution in [3.63, 3.8) is 0 Å². The Labute approximate surface area is 199 Å². The molecule has 0 radical (unpaired) electrons. The summed E-state index contributed by atoms with van der Waals surface area (Å²) in [5, 5.41) is 3.05. The standard InChI is InChI=1S/C18H14ClF12N3O2/c1-15(7(19)4-34(2)33-15)14(35)32-3-6-8(20)10(22)12(11(23)9(6)21)36-5-16(26,27)18(30,31)17(28,29)13(24)25/h4,13,33H,3,5H2,1-2H3,(H,32,35). The first-order valence-corrected chi connectivity index (χ1v) is 9.66. The maximum Gasteiger partial charge on any atom is 0.381 e. The quantitative estimate of drug-likeness (QED) is 0.336. The molecular weight excluding hydrogens is 554 g/mol. The molecule has 0 spiro atoms. The number of nitrogens with one attached hydrogen (secondary N) is 2. The first-order chi connectivity index (χ1) is 16.2. The summed E-state index contributed by atoms with van der Waals surface area (Å²) in [6, 6.07) is 0. The molecule has 0 fully saturated rings. The number of nitrogens with zero attached hydrogens (tertiary/aromatic N) is 1. The number of rotatable bonds is 9. The summed E-state index contributed by atoms with van der Waals surface area (Å²) in [5.41, 5.74) is -0.632. The maximum atomic E-state index is 14.3. The molecule has 1 aliphatic rings. The number of alkyl halides is 8. The van der Waals surface area contributed by atoms with Crippen LogP contribution in [-0.2, 0) is 11.3 Å². The van der Waals surface area contributed by atoms with Crippen molar-refractivity contribution in [1.29, 1.82) is 0 Å². The molecule has 1 atom stereocenters. The van der Waals surface area contributed by atoms with Gasteiger partial charge in [0.05, 0.1) is 5.03 Å². The van der Waals surface area contributed by atoms with Crippen LogP contribution in [0.25, 0.3) is 0 Å². The minimum atomic E-state index is -6.80. The van der Waals surface area contributed by atoms with Crippen LogP contribution < -0.4 is 15.5 Å². The monoisotopic (exact) mass is 567 g/mol. The van der Waals surface area contributed by atoms with Crippen LogP contribution in [0.1, 0.15) is 12.5 Å². The zero-order valence-electron chi connectivity index (χ0n) is 17.7. The molecule has 0 aromatic heterocycles. The fourth-order valence-corrected chi connectivity index (χ4v) is 3.09. The van der Waals surface area contributed by atoms with Crippen molar-refractivity contribution < 1.29 is 62.2 Å². The number of hydrogen-bond acceptors (Lipinski definition) is 4. The van der Waals surface area contributed by atoms with Gasteiger partial charge in [-0.05, 0) is 6.92 Å². The highest BCUT2D eigenvalue weighted by Gasteiger charge is 2.75. The largest absolute Gasteiger partial charge is 0.481 e. The number of amides is 1. The summed E-state index contributed by atoms with van der Waals surface area (Å²) in [6.07, 6.45) is -4.02. The van der Waals surface area contributed by atoms with Gasteiger partial charge in [-0.1, -0.05) is 11.6 Å². The Morgan fingerprint density at radius 3 is 2.00 bits per heavy atom. The number of hydrogen-bond donors (Lipinski definition) is 2. The van der Waals surface area contributed by atoms with Crippen LogP contribution in [0.2, 0.25) is 0 Å². The lowest BCUT2D eigenvalue weighted by Crippen LogP contribution is -2.59. The summed E-state index contributed by atoms with van der Waals surface area (Å²) >= 11 is 5.88. The van der Waals surface area contributed by atoms with Crippen LogP contribution in [0.3, 0.4) is 0 Å². The van der Waals surface area contributed by atoms with Crippen LogP contribution in [0.4, 0.5) is 52.7 Å². The Morgan fingerprint density at radius 1 is 1.08 bits per heavy atom. The Balaban J connectivity index is 2.28. The van der Waals surface area contributed by atoms with Crippen molar-refractivity contribution in [3.8, 4) is 5.75 Å². The van der Waals surface area contributed by atoms with E-state index in [1.807, 2.05) is 5.32 Å². The molecule has 0 bridgehead atoms. The molecule has 0 saturated carbocycles. The van der Waals surface area contributed by atoms with Gasteiger partial charge in [-0.15, -0.1) is 0 Å². The topological polar surface area (TPSA) is 53.6 Å². The predicted molar refractivity (Wildman–Crippen MR) is 97.7 cm³/mol. The van der Waals surface area contributed by atoms with Crippen molar-refractivity contribution in [3.05, 3.63) is 40.1 Å². The SMILES string of the molecule is CN1C=C(Cl)C(C)(C(=O)NCc2c(F)c(F)c(OCC(F)(F)C(F)(F)C(F)(F)C(F)F)c(F)c2F)N1. The number of halogens is 13. The minimum absolute atomic E-state index is 0.0975. The third kappa shape index (κ3) is 4.86. The number of ether oxygens (including phenoxy) is 1. The minimum Gasteiger partial charge on any atom is -0.481 e. The lowest BCUT2D eigenvalue weighted by atomic mass is 10.0. The summed E-state index contributed by atoms with van der Waals surface area (Å²) in [6.45, 7) is -3.10. The van der Waals surface area contributed by atoms with Crippen LogP contribution in [0.15, 0.2) is 11.2 Å². The Bertz CT molecular complexity index is 1040. The smallest absolute Gasteiger partial charge is 0.381 e. The van der Waals surface area contributed by atoms with Crippen molar-refractivity contribution in [2.24, 2.45) is 0 Å². The molecule has 18 heteroatoms. The van der Waals surface area contributed by atoms with E-state index in [2.05, 4.69) is 10.2 Å². The molecule has 204 valence electrons. The summed E-state index contributed by atoms with van der Waals surface area (Å²) in [5.74, 6) is -32.8. The van der Waals surface area contributed by atoms with Gasteiger partial charge in [0.15, 0.2) is 24.0 Å². The van der Waals surface area contributed by atoms with E-state index in [9.17, 15) is 57.5 Å². The second-order valence-electron chi connectivity index (χ2n) is 7.56. The lowest BCUT2D eigenvalue weighted by Gasteiger charge is -2.32. The van der Waals surface area contributed by atoms with Crippen LogP contribution >= 0.6 is 11.6 Å². The van der Waals surface area contributed by atoms with Gasteiger partial charge < -0.3 is 15.1 Å². The summed E-state index contributed by atoms with van der Waals surface area (Å²) in [7, 11) is 1.43. The van der Waals surface area contributed by atoms with Gasteiger partial charge in [0.1, 0.15) is 5.54 Å². The maximum absolute atomic E-state index is 14.3. The van der Waals surface area contributed by atoms with Crippen molar-refractivity contribution in [2.75, 3.05) is 13.7 Å². The van der Waals surface area contributed by atoms with Crippen LogP contribution in [0, 0.1) is 23.3 Å². The fourth-order valence-electron chi connectivity index (χ4n) is 2.82. The molecule has 5 nitrogen and oxygen atoms in total. The van der Waals surface area contributed by atoms with Crippen LogP contribution in [0.5, 0.6) is 5.75 Å². The van der Waals surface area contributed by atoms with Gasteiger partial charge in [-0.2, -0.15) is 35.1 Å². The molecule has 1 amide bonds. The molecule has 0 aliphatic carbocycles. The van der Waals surface area contributed by atoms with Crippen molar-refractivity contribution in [1.82, 2.24) is 15.8 Å². The number of benzene rings is 1. The Hall–Kier alpha value is -2.56. The highest BCUT2D eigenvalue weighted by Crippen LogP contribution is 2.48. The molecule has 2 rings (SSSR count). The third-order valence-corrected chi connectivity index (χ3v) is 5.40. The van der Waals surface area contributed by atoms with Gasteiger partial charge in [-0.25, -0.2) is 23.0 Å². The van der Waals surface area contributed by atoms with Crippen molar-refractivity contribution >= 4 is 17.5 Å². The van der Waals surface area contributed by atoms with E-state index in [-0.39, 0.29) is 5.03 Å². The van der Waals surface area contributed by atoms with E-state index in [4.69, 9.17) is 11.6 Å². The van der Waals surface area contributed by atoms with E-state index >= 15 is 0 Å². The second-order valence-corrected chi connectivity index (χ2v) is 7.97. The van der Waals surface area contributed by atoms with Gasteiger partial charge >= 0.3 is 24.2 Å². The Kier molecular flexibility index (Phi) is 8.01. The molecule has 36 heavy (non-hydrogen) atoms. The molecule has 2 N–H and O–H groups in total. The van der Waals surface area contributed by atoms with Gasteiger partial charge in [0.25, 0.3) is 0 Å². The second kappa shape index (κ2) is 9.72. The van der Waals surface area contributed by atoms with Gasteiger partial charge in [0.2, 0.25) is 17.5 Å². The summed E-state index contributed by atoms with van der Waals surface area (Å²) < 4.78 is 164. The fraction of sp³-hybridized carbons (Fsp3) is 0.500. The number of carbonyl (C=O) groups is 1. The van der Waals surface area contributed by atoms with E-state index in [1.165, 1.54) is 25.2 Å². The van der Waals surface area contributed by atoms with E-state index in [0.29, 0.717) is 0 Å². The summed E-state index contributed by atoms with van der Waals surface area (Å²) in [4.78, 5) is 12.3. The highest BCUT2D eigenvalue weighted by atomic mass is 35.5. The molecule has 1 unspecified atom stereocenters. The van der Waals surface area contributed by atoms with Crippen molar-refractivity contribution in [2.45, 2.75) is 43.2 Å². The normalized spacial score (nSPS) is 19.1. The number of hydrazine groups is 1. The molecule has 1 heterocycles. The van der Waals surface area contributed by atoms with E-state index in [0.717, 1.165) is 0 Å². The van der Waals surface area contributed by atoms with Gasteiger partial charge in [0, 0.05) is 25.4 Å². The zero-order chi connectivity index (χ0) is 28.0. The van der Waals surface area contributed by atoms with E-state index in [1.54, 1.807) is 0 Å². The third-order valence-electron chi connectivity index (χ3n) is 4.93. The van der Waals surface area contributed by atoms with E-state index < -0.39 is 83.4 Å². The molecule has 0 saturated heterocycles. The molecule has 1 aliphatic heterocycles. The average Bonchev–Trinajstić information content (AvgIpc) is 3.03. The van der Waals surface area contributed by atoms with Gasteiger partial charge in [-0.3, -0.25) is 4.79 Å².